The monoisotopic (exact) mass is 702 g/mol. The highest BCUT2D eigenvalue weighted by molar-refractivity contribution is 6.19. The largest absolute Gasteiger partial charge is 0.507 e. The quantitative estimate of drug-likeness (QED) is 0.0939. The second-order valence-corrected chi connectivity index (χ2v) is 12.1. The molecule has 13 heteroatoms. The molecule has 1 aliphatic heterocycles. The molecule has 0 bridgehead atoms. The first-order chi connectivity index (χ1) is 24.4. The number of ether oxygens (including phenoxy) is 4. The van der Waals surface area contributed by atoms with Gasteiger partial charge in [0.05, 0.1) is 57.6 Å². The van der Waals surface area contributed by atoms with E-state index in [2.05, 4.69) is 10.3 Å². The predicted molar refractivity (Wildman–Crippen MR) is 190 cm³/mol. The fourth-order valence-corrected chi connectivity index (χ4v) is 6.31. The number of halogens is 1. The summed E-state index contributed by atoms with van der Waals surface area (Å²) < 4.78 is 23.4. The van der Waals surface area contributed by atoms with E-state index in [4.69, 9.17) is 35.7 Å². The zero-order valence-corrected chi connectivity index (χ0v) is 28.4. The molecular formula is C37H39ClN4O8. The number of rotatable bonds is 16. The van der Waals surface area contributed by atoms with Gasteiger partial charge in [-0.25, -0.2) is 4.98 Å². The number of aliphatic hydroxyl groups excluding tert-OH is 1. The van der Waals surface area contributed by atoms with Crippen molar-refractivity contribution < 1.29 is 38.7 Å². The molecule has 3 N–H and O–H groups in total. The molecule has 0 saturated carbocycles. The standard InChI is InChI=1S/C37H39ClN4O8/c1-24-3-2-4-29-32(44)19-31-35(34(24)29)26(20-38)21-42(31)37(46)30-23-41-22-27(7-10-33(41)40-30)39-36(45)25-5-8-28(9-6-25)50-18-17-49-16-15-48-14-13-47-12-11-43/h2-10,19,22-23,26,43-44H,11-18,20-21H2,1H3,(H,39,45). The Bertz CT molecular complexity index is 1970. The maximum atomic E-state index is 13.8. The number of aryl methyl sites for hydroxylation is 1. The number of nitrogens with zero attached hydrogens (tertiary/aromatic N) is 3. The summed E-state index contributed by atoms with van der Waals surface area (Å²) in [6.45, 7) is 5.12. The van der Waals surface area contributed by atoms with Crippen molar-refractivity contribution in [1.82, 2.24) is 9.38 Å². The third-order valence-electron chi connectivity index (χ3n) is 8.42. The first-order valence-corrected chi connectivity index (χ1v) is 16.9. The highest BCUT2D eigenvalue weighted by Crippen LogP contribution is 2.46. The molecule has 6 rings (SSSR count). The molecule has 2 aromatic heterocycles. The van der Waals surface area contributed by atoms with E-state index in [1.54, 1.807) is 64.2 Å². The SMILES string of the molecule is Cc1cccc2c(O)cc3c(c12)C(CCl)CN3C(=O)c1cn2cc(NC(=O)c3ccc(OCCOCCOCCOCCO)cc3)ccc2n1. The summed E-state index contributed by atoms with van der Waals surface area (Å²) in [5.74, 6) is 0.330. The zero-order chi connectivity index (χ0) is 35.0. The Morgan fingerprint density at radius 1 is 0.940 bits per heavy atom. The third-order valence-corrected chi connectivity index (χ3v) is 8.79. The first-order valence-electron chi connectivity index (χ1n) is 16.4. The summed E-state index contributed by atoms with van der Waals surface area (Å²) in [4.78, 5) is 33.0. The number of phenols is 1. The molecule has 1 atom stereocenters. The number of aliphatic hydroxyl groups is 1. The topological polar surface area (TPSA) is 144 Å². The smallest absolute Gasteiger partial charge is 0.278 e. The van der Waals surface area contributed by atoms with E-state index in [1.807, 2.05) is 25.1 Å². The van der Waals surface area contributed by atoms with Gasteiger partial charge in [0, 0.05) is 47.8 Å². The number of aromatic hydroxyl groups is 1. The van der Waals surface area contributed by atoms with Gasteiger partial charge in [0.15, 0.2) is 0 Å². The van der Waals surface area contributed by atoms with Gasteiger partial charge in [-0.05, 0) is 59.8 Å². The predicted octanol–water partition coefficient (Wildman–Crippen LogP) is 5.16. The van der Waals surface area contributed by atoms with Gasteiger partial charge in [-0.2, -0.15) is 0 Å². The van der Waals surface area contributed by atoms with Crippen LogP contribution in [0.25, 0.3) is 16.4 Å². The van der Waals surface area contributed by atoms with Crippen LogP contribution in [-0.2, 0) is 14.2 Å². The molecule has 12 nitrogen and oxygen atoms in total. The van der Waals surface area contributed by atoms with Crippen molar-refractivity contribution in [2.24, 2.45) is 0 Å². The van der Waals surface area contributed by atoms with Crippen LogP contribution in [0.2, 0.25) is 0 Å². The van der Waals surface area contributed by atoms with Gasteiger partial charge in [-0.15, -0.1) is 11.6 Å². The molecule has 1 unspecified atom stereocenters. The van der Waals surface area contributed by atoms with Crippen LogP contribution in [0, 0.1) is 6.92 Å². The number of amides is 2. The van der Waals surface area contributed by atoms with Crippen molar-refractivity contribution in [3.63, 3.8) is 0 Å². The third kappa shape index (κ3) is 7.85. The van der Waals surface area contributed by atoms with Gasteiger partial charge in [-0.3, -0.25) is 9.59 Å². The summed E-state index contributed by atoms with van der Waals surface area (Å²) in [6.07, 6.45) is 3.33. The van der Waals surface area contributed by atoms with E-state index in [9.17, 15) is 14.7 Å². The highest BCUT2D eigenvalue weighted by Gasteiger charge is 2.36. The highest BCUT2D eigenvalue weighted by atomic mass is 35.5. The lowest BCUT2D eigenvalue weighted by Crippen LogP contribution is -2.30. The minimum absolute atomic E-state index is 0.00522. The van der Waals surface area contributed by atoms with Gasteiger partial charge in [-0.1, -0.05) is 18.2 Å². The number of nitrogens with one attached hydrogen (secondary N) is 1. The van der Waals surface area contributed by atoms with Crippen LogP contribution >= 0.6 is 11.6 Å². The van der Waals surface area contributed by atoms with E-state index >= 15 is 0 Å². The summed E-state index contributed by atoms with van der Waals surface area (Å²) >= 11 is 6.40. The summed E-state index contributed by atoms with van der Waals surface area (Å²) in [5.41, 5.74) is 4.34. The molecule has 50 heavy (non-hydrogen) atoms. The van der Waals surface area contributed by atoms with Crippen molar-refractivity contribution in [3.05, 3.63) is 95.4 Å². The molecule has 0 saturated heterocycles. The molecule has 3 heterocycles. The average Bonchev–Trinajstić information content (AvgIpc) is 3.72. The molecule has 3 aromatic carbocycles. The summed E-state index contributed by atoms with van der Waals surface area (Å²) in [6, 6.07) is 17.6. The minimum atomic E-state index is -0.305. The Kier molecular flexibility index (Phi) is 11.5. The Labute approximate surface area is 294 Å². The van der Waals surface area contributed by atoms with Crippen molar-refractivity contribution in [2.45, 2.75) is 12.8 Å². The molecule has 1 aliphatic rings. The number of hydrogen-bond donors (Lipinski definition) is 3. The number of pyridine rings is 1. The minimum Gasteiger partial charge on any atom is -0.507 e. The zero-order valence-electron chi connectivity index (χ0n) is 27.6. The molecule has 0 aliphatic carbocycles. The number of aromatic nitrogens is 2. The Balaban J connectivity index is 1.04. The van der Waals surface area contributed by atoms with E-state index < -0.39 is 0 Å². The fourth-order valence-electron chi connectivity index (χ4n) is 6.05. The van der Waals surface area contributed by atoms with Gasteiger partial charge in [0.1, 0.15) is 29.4 Å². The molecular weight excluding hydrogens is 664 g/mol. The van der Waals surface area contributed by atoms with Gasteiger partial charge in [0.25, 0.3) is 11.8 Å². The lowest BCUT2D eigenvalue weighted by Gasteiger charge is -2.17. The van der Waals surface area contributed by atoms with Crippen LogP contribution in [0.1, 0.15) is 37.9 Å². The van der Waals surface area contributed by atoms with Crippen LogP contribution in [0.3, 0.4) is 0 Å². The molecule has 0 radical (unpaired) electrons. The van der Waals surface area contributed by atoms with E-state index in [0.29, 0.717) is 87.0 Å². The molecule has 2 amide bonds. The fraction of sp³-hybridized carbons (Fsp3) is 0.324. The van der Waals surface area contributed by atoms with E-state index in [0.717, 1.165) is 21.9 Å². The number of hydrogen-bond acceptors (Lipinski definition) is 9. The summed E-state index contributed by atoms with van der Waals surface area (Å²) in [7, 11) is 0. The number of alkyl halides is 1. The van der Waals surface area contributed by atoms with Gasteiger partial charge < -0.3 is 43.8 Å². The molecule has 0 fully saturated rings. The molecule has 0 spiro atoms. The van der Waals surface area contributed by atoms with Crippen molar-refractivity contribution in [3.8, 4) is 11.5 Å². The number of fused-ring (bicyclic) bond motifs is 4. The second kappa shape index (κ2) is 16.3. The van der Waals surface area contributed by atoms with E-state index in [-0.39, 0.29) is 35.8 Å². The lowest BCUT2D eigenvalue weighted by molar-refractivity contribution is 0.00361. The maximum absolute atomic E-state index is 13.8. The van der Waals surface area contributed by atoms with Crippen LogP contribution in [0.15, 0.2) is 73.1 Å². The van der Waals surface area contributed by atoms with Crippen LogP contribution in [0.4, 0.5) is 11.4 Å². The average molecular weight is 703 g/mol. The van der Waals surface area contributed by atoms with Crippen molar-refractivity contribution in [2.75, 3.05) is 75.5 Å². The molecule has 262 valence electrons. The van der Waals surface area contributed by atoms with Crippen LogP contribution in [-0.4, -0.2) is 96.7 Å². The van der Waals surface area contributed by atoms with E-state index in [1.165, 1.54) is 0 Å². The first kappa shape index (κ1) is 35.1. The Morgan fingerprint density at radius 2 is 1.66 bits per heavy atom. The second-order valence-electron chi connectivity index (χ2n) is 11.8. The number of benzene rings is 3. The number of imidazole rings is 1. The van der Waals surface area contributed by atoms with Crippen molar-refractivity contribution in [1.29, 1.82) is 0 Å². The van der Waals surface area contributed by atoms with Crippen LogP contribution in [0.5, 0.6) is 11.5 Å². The number of carbonyl (C=O) groups excluding carboxylic acids is 2. The number of carbonyl (C=O) groups is 2. The number of phenolic OH excluding ortho intramolecular Hbond substituents is 1. The maximum Gasteiger partial charge on any atom is 0.278 e. The van der Waals surface area contributed by atoms with Gasteiger partial charge >= 0.3 is 0 Å². The lowest BCUT2D eigenvalue weighted by atomic mass is 9.92. The van der Waals surface area contributed by atoms with Gasteiger partial charge in [0.2, 0.25) is 0 Å². The molecule has 5 aromatic rings. The summed E-state index contributed by atoms with van der Waals surface area (Å²) in [5, 5.41) is 24.1. The number of anilines is 2. The Morgan fingerprint density at radius 3 is 2.38 bits per heavy atom. The Hall–Kier alpha value is -4.72. The van der Waals surface area contributed by atoms with Crippen molar-refractivity contribution >= 4 is 51.2 Å². The normalized spacial score (nSPS) is 14.0. The van der Waals surface area contributed by atoms with Crippen LogP contribution < -0.4 is 15.0 Å².